The van der Waals surface area contributed by atoms with Gasteiger partial charge in [-0.15, -0.1) is 0 Å². The first-order valence-electron chi connectivity index (χ1n) is 9.93. The molecule has 160 valence electrons. The summed E-state index contributed by atoms with van der Waals surface area (Å²) < 4.78 is 33.0. The van der Waals surface area contributed by atoms with E-state index >= 15 is 0 Å². The number of rotatable bonds is 5. The highest BCUT2D eigenvalue weighted by Gasteiger charge is 2.34. The number of hydrogen-bond acceptors (Lipinski definition) is 6. The van der Waals surface area contributed by atoms with Gasteiger partial charge >= 0.3 is 6.09 Å². The summed E-state index contributed by atoms with van der Waals surface area (Å²) in [5.74, 6) is -0.0358. The lowest BCUT2D eigenvalue weighted by Gasteiger charge is -2.33. The molecule has 3 N–H and O–H groups in total. The molecule has 1 saturated heterocycles. The SMILES string of the molecule is CC(c1ccc2c(c1)Nc1ccccc1S2)S(=O)(=O)N1CCCC(COC(N)=O)C1. The summed E-state index contributed by atoms with van der Waals surface area (Å²) in [4.78, 5) is 13.1. The predicted octanol–water partition coefficient (Wildman–Crippen LogP) is 4.09. The molecule has 2 atom stereocenters. The number of benzene rings is 2. The Morgan fingerprint density at radius 1 is 1.27 bits per heavy atom. The van der Waals surface area contributed by atoms with E-state index in [0.29, 0.717) is 13.1 Å². The Morgan fingerprint density at radius 2 is 2.03 bits per heavy atom. The van der Waals surface area contributed by atoms with Gasteiger partial charge in [0.15, 0.2) is 0 Å². The monoisotopic (exact) mass is 447 g/mol. The second kappa shape index (κ2) is 8.49. The number of nitrogens with one attached hydrogen (secondary N) is 1. The summed E-state index contributed by atoms with van der Waals surface area (Å²) in [5, 5.41) is 2.73. The number of ether oxygens (including phenoxy) is 1. The van der Waals surface area contributed by atoms with Crippen LogP contribution < -0.4 is 11.1 Å². The number of sulfonamides is 1. The standard InChI is InChI=1S/C21H25N3O4S2/c1-14(30(26,27)24-10-4-5-15(12-24)13-28-21(22)25)16-8-9-20-18(11-16)23-17-6-2-3-7-19(17)29-20/h2-3,6-9,11,14-15,23H,4-5,10,12-13H2,1H3,(H2,22,25). The van der Waals surface area contributed by atoms with E-state index in [-0.39, 0.29) is 12.5 Å². The van der Waals surface area contributed by atoms with Crippen LogP contribution in [0.2, 0.25) is 0 Å². The van der Waals surface area contributed by atoms with E-state index in [0.717, 1.165) is 39.6 Å². The van der Waals surface area contributed by atoms with Gasteiger partial charge in [-0.3, -0.25) is 0 Å². The third kappa shape index (κ3) is 4.28. The molecule has 0 spiro atoms. The Bertz CT molecular complexity index is 1060. The number of para-hydroxylation sites is 1. The third-order valence-electron chi connectivity index (χ3n) is 5.60. The van der Waals surface area contributed by atoms with Crippen molar-refractivity contribution in [3.63, 3.8) is 0 Å². The zero-order chi connectivity index (χ0) is 21.3. The molecular formula is C21H25N3O4S2. The molecule has 0 aliphatic carbocycles. The topological polar surface area (TPSA) is 102 Å². The number of amides is 1. The van der Waals surface area contributed by atoms with Crippen molar-refractivity contribution in [3.05, 3.63) is 48.0 Å². The van der Waals surface area contributed by atoms with Crippen LogP contribution in [0.5, 0.6) is 0 Å². The van der Waals surface area contributed by atoms with Crippen LogP contribution in [0, 0.1) is 5.92 Å². The van der Waals surface area contributed by atoms with E-state index in [4.69, 9.17) is 10.5 Å². The molecule has 9 heteroatoms. The summed E-state index contributed by atoms with van der Waals surface area (Å²) in [6.45, 7) is 2.69. The summed E-state index contributed by atoms with van der Waals surface area (Å²) in [6, 6.07) is 13.8. The van der Waals surface area contributed by atoms with Crippen molar-refractivity contribution in [1.82, 2.24) is 4.31 Å². The Hall–Kier alpha value is -2.23. The molecule has 4 rings (SSSR count). The molecule has 2 aliphatic rings. The van der Waals surface area contributed by atoms with Crippen LogP contribution in [0.15, 0.2) is 52.3 Å². The van der Waals surface area contributed by atoms with E-state index in [9.17, 15) is 13.2 Å². The van der Waals surface area contributed by atoms with Crippen LogP contribution in [0.4, 0.5) is 16.2 Å². The molecule has 2 unspecified atom stereocenters. The highest BCUT2D eigenvalue weighted by Crippen LogP contribution is 2.45. The largest absolute Gasteiger partial charge is 0.449 e. The van der Waals surface area contributed by atoms with Gasteiger partial charge in [0.25, 0.3) is 0 Å². The highest BCUT2D eigenvalue weighted by molar-refractivity contribution is 7.99. The number of nitrogens with two attached hydrogens (primary N) is 1. The minimum Gasteiger partial charge on any atom is -0.449 e. The average molecular weight is 448 g/mol. The van der Waals surface area contributed by atoms with Gasteiger partial charge < -0.3 is 15.8 Å². The van der Waals surface area contributed by atoms with Crippen molar-refractivity contribution in [3.8, 4) is 0 Å². The Labute approximate surface area is 181 Å². The first-order chi connectivity index (χ1) is 14.3. The number of carbonyl (C=O) groups is 1. The van der Waals surface area contributed by atoms with Gasteiger partial charge in [0.1, 0.15) is 0 Å². The minimum atomic E-state index is -3.55. The van der Waals surface area contributed by atoms with Crippen molar-refractivity contribution in [1.29, 1.82) is 0 Å². The van der Waals surface area contributed by atoms with Gasteiger partial charge in [-0.25, -0.2) is 17.5 Å². The molecule has 0 saturated carbocycles. The van der Waals surface area contributed by atoms with Gasteiger partial charge in [-0.05, 0) is 49.6 Å². The Morgan fingerprint density at radius 3 is 2.83 bits per heavy atom. The van der Waals surface area contributed by atoms with Crippen LogP contribution in [0.1, 0.15) is 30.6 Å². The van der Waals surface area contributed by atoms with Gasteiger partial charge in [-0.1, -0.05) is 30.0 Å². The fraction of sp³-hybridized carbons (Fsp3) is 0.381. The van der Waals surface area contributed by atoms with E-state index < -0.39 is 21.4 Å². The smallest absolute Gasteiger partial charge is 0.404 e. The maximum Gasteiger partial charge on any atom is 0.404 e. The van der Waals surface area contributed by atoms with Crippen molar-refractivity contribution in [2.24, 2.45) is 11.7 Å². The lowest BCUT2D eigenvalue weighted by Crippen LogP contribution is -2.43. The van der Waals surface area contributed by atoms with Crippen LogP contribution in [0.25, 0.3) is 0 Å². The Balaban J connectivity index is 1.51. The third-order valence-corrected chi connectivity index (χ3v) is 8.97. The maximum absolute atomic E-state index is 13.3. The van der Waals surface area contributed by atoms with Crippen molar-refractivity contribution >= 4 is 39.3 Å². The molecule has 0 bridgehead atoms. The van der Waals surface area contributed by atoms with Gasteiger partial charge in [0, 0.05) is 28.8 Å². The zero-order valence-electron chi connectivity index (χ0n) is 16.7. The highest BCUT2D eigenvalue weighted by atomic mass is 32.2. The number of fused-ring (bicyclic) bond motifs is 2. The van der Waals surface area contributed by atoms with Crippen LogP contribution in [0.3, 0.4) is 0 Å². The van der Waals surface area contributed by atoms with E-state index in [2.05, 4.69) is 11.4 Å². The second-order valence-corrected chi connectivity index (χ2v) is 11.0. The maximum atomic E-state index is 13.3. The molecular weight excluding hydrogens is 422 g/mol. The summed E-state index contributed by atoms with van der Waals surface area (Å²) in [6.07, 6.45) is 0.717. The molecule has 7 nitrogen and oxygen atoms in total. The second-order valence-electron chi connectivity index (χ2n) is 7.66. The van der Waals surface area contributed by atoms with Gasteiger partial charge in [0.05, 0.1) is 23.2 Å². The number of piperidine rings is 1. The normalized spacial score (nSPS) is 19.8. The summed E-state index contributed by atoms with van der Waals surface area (Å²) >= 11 is 1.67. The van der Waals surface area contributed by atoms with E-state index in [1.165, 1.54) is 4.31 Å². The quantitative estimate of drug-likeness (QED) is 0.611. The van der Waals surface area contributed by atoms with Crippen molar-refractivity contribution in [2.45, 2.75) is 34.8 Å². The fourth-order valence-corrected chi connectivity index (χ4v) is 6.61. The molecule has 0 aromatic heterocycles. The number of nitrogens with zero attached hydrogens (tertiary/aromatic N) is 1. The fourth-order valence-electron chi connectivity index (χ4n) is 3.90. The van der Waals surface area contributed by atoms with Crippen LogP contribution >= 0.6 is 11.8 Å². The first-order valence-corrected chi connectivity index (χ1v) is 12.3. The van der Waals surface area contributed by atoms with E-state index in [1.807, 2.05) is 36.4 Å². The number of primary amides is 1. The molecule has 0 radical (unpaired) electrons. The van der Waals surface area contributed by atoms with Crippen molar-refractivity contribution < 1.29 is 17.9 Å². The predicted molar refractivity (Wildman–Crippen MR) is 117 cm³/mol. The molecule has 2 aromatic rings. The average Bonchev–Trinajstić information content (AvgIpc) is 2.75. The summed E-state index contributed by atoms with van der Waals surface area (Å²) in [7, 11) is -3.55. The van der Waals surface area contributed by atoms with Crippen molar-refractivity contribution in [2.75, 3.05) is 25.0 Å². The van der Waals surface area contributed by atoms with Gasteiger partial charge in [0.2, 0.25) is 10.0 Å². The molecule has 1 amide bonds. The first kappa shape index (κ1) is 21.0. The lowest BCUT2D eigenvalue weighted by molar-refractivity contribution is 0.116. The Kier molecular flexibility index (Phi) is 5.95. The summed E-state index contributed by atoms with van der Waals surface area (Å²) in [5.41, 5.74) is 7.73. The number of carbonyl (C=O) groups excluding carboxylic acids is 1. The minimum absolute atomic E-state index is 0.0358. The van der Waals surface area contributed by atoms with Crippen LogP contribution in [-0.4, -0.2) is 38.5 Å². The molecule has 1 fully saturated rings. The molecule has 30 heavy (non-hydrogen) atoms. The van der Waals surface area contributed by atoms with Gasteiger partial charge in [-0.2, -0.15) is 0 Å². The number of anilines is 2. The van der Waals surface area contributed by atoms with E-state index in [1.54, 1.807) is 18.7 Å². The molecule has 2 aliphatic heterocycles. The molecule has 2 heterocycles. The lowest BCUT2D eigenvalue weighted by atomic mass is 10.0. The van der Waals surface area contributed by atoms with Crippen LogP contribution in [-0.2, 0) is 14.8 Å². The molecule has 2 aromatic carbocycles. The zero-order valence-corrected chi connectivity index (χ0v) is 18.3. The number of hydrogen-bond donors (Lipinski definition) is 2.